The number of hydrogen-bond acceptors (Lipinski definition) is 3. The zero-order valence-electron chi connectivity index (χ0n) is 13.3. The van der Waals surface area contributed by atoms with Crippen LogP contribution in [0.2, 0.25) is 0 Å². The van der Waals surface area contributed by atoms with Crippen LogP contribution in [-0.4, -0.2) is 50.3 Å². The molecule has 0 aliphatic carbocycles. The fourth-order valence-electron chi connectivity index (χ4n) is 3.42. The highest BCUT2D eigenvalue weighted by Crippen LogP contribution is 2.26. The van der Waals surface area contributed by atoms with Crippen molar-refractivity contribution in [1.29, 1.82) is 0 Å². The Labute approximate surface area is 123 Å². The van der Waals surface area contributed by atoms with Crippen molar-refractivity contribution in [2.75, 3.05) is 38.3 Å². The van der Waals surface area contributed by atoms with Crippen LogP contribution in [0.5, 0.6) is 0 Å². The van der Waals surface area contributed by atoms with E-state index < -0.39 is 0 Å². The molecule has 3 heteroatoms. The standard InChI is InChI=1S/C17H28N2O/c1-5-19-14(2)12-18(13-15(19)3)17-9-7-6-8-16(17)10-11-20-4/h6-9,14-15H,5,10-13H2,1-4H3. The molecule has 112 valence electrons. The molecule has 0 spiro atoms. The lowest BCUT2D eigenvalue weighted by Crippen LogP contribution is -2.56. The van der Waals surface area contributed by atoms with Crippen LogP contribution in [0.25, 0.3) is 0 Å². The second kappa shape index (κ2) is 7.09. The molecule has 1 saturated heterocycles. The Hall–Kier alpha value is -1.06. The number of hydrogen-bond donors (Lipinski definition) is 0. The lowest BCUT2D eigenvalue weighted by Gasteiger charge is -2.45. The van der Waals surface area contributed by atoms with Gasteiger partial charge in [-0.2, -0.15) is 0 Å². The van der Waals surface area contributed by atoms with Gasteiger partial charge in [0.05, 0.1) is 6.61 Å². The van der Waals surface area contributed by atoms with E-state index in [2.05, 4.69) is 54.8 Å². The minimum absolute atomic E-state index is 0.610. The molecule has 1 aliphatic rings. The van der Waals surface area contributed by atoms with Crippen molar-refractivity contribution in [3.05, 3.63) is 29.8 Å². The highest BCUT2D eigenvalue weighted by atomic mass is 16.5. The Kier molecular flexibility index (Phi) is 5.44. The molecule has 1 aromatic rings. The number of likely N-dealkylation sites (N-methyl/N-ethyl adjacent to an activating group) is 1. The lowest BCUT2D eigenvalue weighted by atomic mass is 10.0. The number of benzene rings is 1. The third kappa shape index (κ3) is 3.33. The van der Waals surface area contributed by atoms with Gasteiger partial charge in [-0.15, -0.1) is 0 Å². The zero-order chi connectivity index (χ0) is 14.5. The largest absolute Gasteiger partial charge is 0.384 e. The molecule has 1 heterocycles. The molecule has 2 rings (SSSR count). The molecule has 0 amide bonds. The average molecular weight is 276 g/mol. The van der Waals surface area contributed by atoms with E-state index >= 15 is 0 Å². The molecule has 0 radical (unpaired) electrons. The van der Waals surface area contributed by atoms with Crippen LogP contribution >= 0.6 is 0 Å². The van der Waals surface area contributed by atoms with Crippen molar-refractivity contribution in [3.8, 4) is 0 Å². The second-order valence-electron chi connectivity index (χ2n) is 5.80. The normalized spacial score (nSPS) is 24.1. The molecular formula is C17H28N2O. The van der Waals surface area contributed by atoms with Crippen molar-refractivity contribution in [3.63, 3.8) is 0 Å². The summed E-state index contributed by atoms with van der Waals surface area (Å²) in [4.78, 5) is 5.14. The van der Waals surface area contributed by atoms with E-state index in [0.717, 1.165) is 32.7 Å². The van der Waals surface area contributed by atoms with E-state index in [0.29, 0.717) is 12.1 Å². The van der Waals surface area contributed by atoms with Gasteiger partial charge in [-0.1, -0.05) is 25.1 Å². The number of nitrogens with zero attached hydrogens (tertiary/aromatic N) is 2. The molecule has 1 aliphatic heterocycles. The summed E-state index contributed by atoms with van der Waals surface area (Å²) in [5, 5.41) is 0. The Morgan fingerprint density at radius 2 is 1.80 bits per heavy atom. The maximum Gasteiger partial charge on any atom is 0.0503 e. The molecule has 0 saturated carbocycles. The minimum Gasteiger partial charge on any atom is -0.384 e. The first-order valence-corrected chi connectivity index (χ1v) is 7.74. The summed E-state index contributed by atoms with van der Waals surface area (Å²) >= 11 is 0. The third-order valence-electron chi connectivity index (χ3n) is 4.37. The molecule has 2 atom stereocenters. The highest BCUT2D eigenvalue weighted by Gasteiger charge is 2.28. The summed E-state index contributed by atoms with van der Waals surface area (Å²) in [7, 11) is 1.77. The smallest absolute Gasteiger partial charge is 0.0503 e. The molecular weight excluding hydrogens is 248 g/mol. The van der Waals surface area contributed by atoms with Gasteiger partial charge in [0.1, 0.15) is 0 Å². The first kappa shape index (κ1) is 15.3. The Morgan fingerprint density at radius 1 is 1.15 bits per heavy atom. The Morgan fingerprint density at radius 3 is 2.40 bits per heavy atom. The Balaban J connectivity index is 2.15. The quantitative estimate of drug-likeness (QED) is 0.822. The number of anilines is 1. The van der Waals surface area contributed by atoms with Gasteiger partial charge < -0.3 is 9.64 Å². The lowest BCUT2D eigenvalue weighted by molar-refractivity contribution is 0.140. The monoisotopic (exact) mass is 276 g/mol. The van der Waals surface area contributed by atoms with Gasteiger partial charge in [-0.3, -0.25) is 4.90 Å². The molecule has 1 aromatic carbocycles. The van der Waals surface area contributed by atoms with Gasteiger partial charge in [-0.25, -0.2) is 0 Å². The van der Waals surface area contributed by atoms with Crippen molar-refractivity contribution >= 4 is 5.69 Å². The molecule has 0 N–H and O–H groups in total. The third-order valence-corrected chi connectivity index (χ3v) is 4.37. The summed E-state index contributed by atoms with van der Waals surface area (Å²) in [5.41, 5.74) is 2.79. The molecule has 3 nitrogen and oxygen atoms in total. The van der Waals surface area contributed by atoms with E-state index in [1.807, 2.05) is 0 Å². The van der Waals surface area contributed by atoms with Gasteiger partial charge in [0.15, 0.2) is 0 Å². The van der Waals surface area contributed by atoms with Crippen LogP contribution in [0.15, 0.2) is 24.3 Å². The first-order valence-electron chi connectivity index (χ1n) is 7.74. The molecule has 20 heavy (non-hydrogen) atoms. The van der Waals surface area contributed by atoms with E-state index in [1.165, 1.54) is 11.3 Å². The van der Waals surface area contributed by atoms with Gasteiger partial charge in [-0.05, 0) is 38.4 Å². The topological polar surface area (TPSA) is 15.7 Å². The summed E-state index contributed by atoms with van der Waals surface area (Å²) < 4.78 is 5.24. The van der Waals surface area contributed by atoms with Crippen LogP contribution in [0.4, 0.5) is 5.69 Å². The second-order valence-corrected chi connectivity index (χ2v) is 5.80. The van der Waals surface area contributed by atoms with Crippen molar-refractivity contribution in [2.45, 2.75) is 39.3 Å². The predicted molar refractivity (Wildman–Crippen MR) is 85.5 cm³/mol. The first-order chi connectivity index (χ1) is 9.67. The van der Waals surface area contributed by atoms with Gasteiger partial charge >= 0.3 is 0 Å². The summed E-state index contributed by atoms with van der Waals surface area (Å²) in [6, 6.07) is 9.98. The number of piperazine rings is 1. The van der Waals surface area contributed by atoms with Crippen molar-refractivity contribution in [2.24, 2.45) is 0 Å². The van der Waals surface area contributed by atoms with E-state index in [4.69, 9.17) is 4.74 Å². The fourth-order valence-corrected chi connectivity index (χ4v) is 3.42. The zero-order valence-corrected chi connectivity index (χ0v) is 13.3. The van der Waals surface area contributed by atoms with E-state index in [9.17, 15) is 0 Å². The molecule has 1 fully saturated rings. The van der Waals surface area contributed by atoms with Crippen LogP contribution in [0.3, 0.4) is 0 Å². The number of para-hydroxylation sites is 1. The molecule has 2 unspecified atom stereocenters. The minimum atomic E-state index is 0.610. The highest BCUT2D eigenvalue weighted by molar-refractivity contribution is 5.54. The van der Waals surface area contributed by atoms with Crippen LogP contribution in [0, 0.1) is 0 Å². The maximum atomic E-state index is 5.24. The fraction of sp³-hybridized carbons (Fsp3) is 0.647. The van der Waals surface area contributed by atoms with Gasteiger partial charge in [0.25, 0.3) is 0 Å². The molecule has 0 bridgehead atoms. The Bertz CT molecular complexity index is 409. The number of ether oxygens (including phenoxy) is 1. The van der Waals surface area contributed by atoms with Crippen molar-refractivity contribution < 1.29 is 4.74 Å². The number of methoxy groups -OCH3 is 1. The summed E-state index contributed by atoms with van der Waals surface area (Å²) in [6.07, 6.45) is 0.990. The predicted octanol–water partition coefficient (Wildman–Crippen LogP) is 2.79. The average Bonchev–Trinajstić information content (AvgIpc) is 2.45. The SMILES string of the molecule is CCN1C(C)CN(c2ccccc2CCOC)CC1C. The van der Waals surface area contributed by atoms with Gasteiger partial charge in [0.2, 0.25) is 0 Å². The van der Waals surface area contributed by atoms with Crippen LogP contribution < -0.4 is 4.90 Å². The van der Waals surface area contributed by atoms with Gasteiger partial charge in [0, 0.05) is 38.0 Å². The maximum absolute atomic E-state index is 5.24. The van der Waals surface area contributed by atoms with E-state index in [-0.39, 0.29) is 0 Å². The van der Waals surface area contributed by atoms with Crippen molar-refractivity contribution in [1.82, 2.24) is 4.90 Å². The van der Waals surface area contributed by atoms with Crippen LogP contribution in [-0.2, 0) is 11.2 Å². The summed E-state index contributed by atoms with van der Waals surface area (Å²) in [6.45, 7) is 11.1. The van der Waals surface area contributed by atoms with Crippen LogP contribution in [0.1, 0.15) is 26.3 Å². The molecule has 0 aromatic heterocycles. The van der Waals surface area contributed by atoms with E-state index in [1.54, 1.807) is 7.11 Å². The number of rotatable bonds is 5. The summed E-state index contributed by atoms with van der Waals surface area (Å²) in [5.74, 6) is 0.